The maximum atomic E-state index is 11.1. The Morgan fingerprint density at radius 3 is 2.31 bits per heavy atom. The molecule has 3 heteroatoms. The van der Waals surface area contributed by atoms with Crippen LogP contribution in [0, 0.1) is 11.3 Å². The number of carboxylic acids is 1. The molecular weight excluding hydrogens is 202 g/mol. The molecule has 0 aromatic rings. The molecule has 0 aliphatic heterocycles. The Bertz CT molecular complexity index is 208. The van der Waals surface area contributed by atoms with Crippen molar-refractivity contribution in [3.8, 4) is 0 Å². The molecule has 96 valence electrons. The van der Waals surface area contributed by atoms with Crippen LogP contribution in [0.15, 0.2) is 0 Å². The van der Waals surface area contributed by atoms with Gasteiger partial charge in [0.1, 0.15) is 0 Å². The number of hydrogen-bond donors (Lipinski definition) is 2. The van der Waals surface area contributed by atoms with Crippen LogP contribution >= 0.6 is 0 Å². The summed E-state index contributed by atoms with van der Waals surface area (Å²) in [4.78, 5) is 11.1. The Morgan fingerprint density at radius 1 is 1.38 bits per heavy atom. The van der Waals surface area contributed by atoms with Gasteiger partial charge in [0, 0.05) is 12.6 Å². The molecule has 0 heterocycles. The number of carbonyl (C=O) groups is 1. The molecule has 2 N–H and O–H groups in total. The first kappa shape index (κ1) is 15.4. The lowest BCUT2D eigenvalue weighted by atomic mass is 9.84. The first-order chi connectivity index (χ1) is 7.26. The van der Waals surface area contributed by atoms with Crippen molar-refractivity contribution < 1.29 is 9.90 Å². The second-order valence-corrected chi connectivity index (χ2v) is 5.90. The number of nitrogens with one attached hydrogen (secondary N) is 1. The largest absolute Gasteiger partial charge is 0.481 e. The maximum Gasteiger partial charge on any atom is 0.307 e. The van der Waals surface area contributed by atoms with Gasteiger partial charge in [-0.25, -0.2) is 0 Å². The highest BCUT2D eigenvalue weighted by atomic mass is 16.4. The van der Waals surface area contributed by atoms with Gasteiger partial charge >= 0.3 is 5.97 Å². The molecule has 3 nitrogen and oxygen atoms in total. The lowest BCUT2D eigenvalue weighted by molar-refractivity contribution is -0.142. The second-order valence-electron chi connectivity index (χ2n) is 5.90. The number of aliphatic carboxylic acids is 1. The van der Waals surface area contributed by atoms with Gasteiger partial charge in [0.05, 0.1) is 5.92 Å². The van der Waals surface area contributed by atoms with Crippen LogP contribution in [-0.2, 0) is 4.79 Å². The molecule has 0 saturated heterocycles. The predicted molar refractivity (Wildman–Crippen MR) is 67.6 cm³/mol. The molecule has 0 aromatic heterocycles. The fourth-order valence-corrected chi connectivity index (χ4v) is 1.86. The molecule has 0 bridgehead atoms. The average Bonchev–Trinajstić information content (AvgIpc) is 2.10. The molecule has 0 spiro atoms. The Kier molecular flexibility index (Phi) is 6.65. The highest BCUT2D eigenvalue weighted by Crippen LogP contribution is 2.24. The van der Waals surface area contributed by atoms with Crippen molar-refractivity contribution >= 4 is 5.97 Å². The number of carboxylic acid groups (broad SMARTS) is 1. The van der Waals surface area contributed by atoms with E-state index in [4.69, 9.17) is 5.11 Å². The molecule has 0 radical (unpaired) electrons. The minimum atomic E-state index is -0.689. The molecule has 0 rings (SSSR count). The van der Waals surface area contributed by atoms with Crippen molar-refractivity contribution in [2.45, 2.75) is 59.9 Å². The summed E-state index contributed by atoms with van der Waals surface area (Å²) in [5.41, 5.74) is 0.0682. The average molecular weight is 229 g/mol. The molecule has 2 unspecified atom stereocenters. The first-order valence-corrected chi connectivity index (χ1v) is 6.22. The van der Waals surface area contributed by atoms with Crippen molar-refractivity contribution in [2.75, 3.05) is 6.54 Å². The van der Waals surface area contributed by atoms with Crippen molar-refractivity contribution in [2.24, 2.45) is 11.3 Å². The van der Waals surface area contributed by atoms with E-state index in [2.05, 4.69) is 39.9 Å². The van der Waals surface area contributed by atoms with E-state index in [1.54, 1.807) is 0 Å². The number of hydrogen-bond acceptors (Lipinski definition) is 2. The molecule has 0 aromatic carbocycles. The van der Waals surface area contributed by atoms with Gasteiger partial charge in [0.25, 0.3) is 0 Å². The normalized spacial score (nSPS) is 15.8. The molecule has 0 amide bonds. The summed E-state index contributed by atoms with van der Waals surface area (Å²) in [5, 5.41) is 12.4. The summed E-state index contributed by atoms with van der Waals surface area (Å²) in [6.45, 7) is 11.1. The van der Waals surface area contributed by atoms with Crippen LogP contribution in [0.2, 0.25) is 0 Å². The van der Waals surface area contributed by atoms with Crippen LogP contribution in [0.5, 0.6) is 0 Å². The predicted octanol–water partition coefficient (Wildman–Crippen LogP) is 2.90. The van der Waals surface area contributed by atoms with E-state index in [0.29, 0.717) is 19.0 Å². The van der Waals surface area contributed by atoms with Crippen molar-refractivity contribution in [1.82, 2.24) is 5.32 Å². The van der Waals surface area contributed by atoms with E-state index >= 15 is 0 Å². The first-order valence-electron chi connectivity index (χ1n) is 6.22. The third-order valence-electron chi connectivity index (χ3n) is 2.64. The van der Waals surface area contributed by atoms with Crippen molar-refractivity contribution in [3.63, 3.8) is 0 Å². The smallest absolute Gasteiger partial charge is 0.307 e. The van der Waals surface area contributed by atoms with Crippen LogP contribution in [-0.4, -0.2) is 23.7 Å². The van der Waals surface area contributed by atoms with Gasteiger partial charge in [-0.3, -0.25) is 4.79 Å². The van der Waals surface area contributed by atoms with Gasteiger partial charge in [-0.1, -0.05) is 34.1 Å². The lowest BCUT2D eigenvalue weighted by Crippen LogP contribution is -2.36. The Hall–Kier alpha value is -0.570. The van der Waals surface area contributed by atoms with Crippen LogP contribution in [0.4, 0.5) is 0 Å². The lowest BCUT2D eigenvalue weighted by Gasteiger charge is -2.24. The van der Waals surface area contributed by atoms with Crippen LogP contribution in [0.1, 0.15) is 53.9 Å². The standard InChI is InChI=1S/C13H27NO2/c1-6-7-10(2)14-9-11(12(15)16)8-13(3,4)5/h10-11,14H,6-9H2,1-5H3,(H,15,16). The van der Waals surface area contributed by atoms with Gasteiger partial charge < -0.3 is 10.4 Å². The monoisotopic (exact) mass is 229 g/mol. The topological polar surface area (TPSA) is 49.3 Å². The minimum absolute atomic E-state index is 0.0682. The summed E-state index contributed by atoms with van der Waals surface area (Å²) in [6.07, 6.45) is 2.95. The maximum absolute atomic E-state index is 11.1. The minimum Gasteiger partial charge on any atom is -0.481 e. The van der Waals surface area contributed by atoms with Crippen LogP contribution in [0.3, 0.4) is 0 Å². The molecule has 0 aliphatic rings. The Balaban J connectivity index is 4.10. The summed E-state index contributed by atoms with van der Waals surface area (Å²) in [6, 6.07) is 0.409. The SMILES string of the molecule is CCCC(C)NCC(CC(C)(C)C)C(=O)O. The number of rotatable bonds is 7. The second kappa shape index (κ2) is 6.89. The van der Waals surface area contributed by atoms with Crippen LogP contribution < -0.4 is 5.32 Å². The van der Waals surface area contributed by atoms with E-state index in [1.807, 2.05) is 0 Å². The third kappa shape index (κ3) is 7.69. The molecular formula is C13H27NO2. The van der Waals surface area contributed by atoms with Crippen LogP contribution in [0.25, 0.3) is 0 Å². The zero-order valence-electron chi connectivity index (χ0n) is 11.3. The highest BCUT2D eigenvalue weighted by molar-refractivity contribution is 5.70. The molecule has 2 atom stereocenters. The fourth-order valence-electron chi connectivity index (χ4n) is 1.86. The van der Waals surface area contributed by atoms with Gasteiger partial charge in [-0.05, 0) is 25.2 Å². The molecule has 0 aliphatic carbocycles. The van der Waals surface area contributed by atoms with Gasteiger partial charge in [0.2, 0.25) is 0 Å². The van der Waals surface area contributed by atoms with E-state index < -0.39 is 5.97 Å². The fraction of sp³-hybridized carbons (Fsp3) is 0.923. The quantitative estimate of drug-likeness (QED) is 0.705. The molecule has 0 fully saturated rings. The third-order valence-corrected chi connectivity index (χ3v) is 2.64. The molecule has 0 saturated carbocycles. The van der Waals surface area contributed by atoms with E-state index in [1.165, 1.54) is 0 Å². The van der Waals surface area contributed by atoms with E-state index in [-0.39, 0.29) is 11.3 Å². The summed E-state index contributed by atoms with van der Waals surface area (Å²) in [7, 11) is 0. The van der Waals surface area contributed by atoms with E-state index in [0.717, 1.165) is 12.8 Å². The Morgan fingerprint density at radius 2 is 1.94 bits per heavy atom. The summed E-state index contributed by atoms with van der Waals surface area (Å²) >= 11 is 0. The van der Waals surface area contributed by atoms with Crippen molar-refractivity contribution in [1.29, 1.82) is 0 Å². The van der Waals surface area contributed by atoms with Gasteiger partial charge in [0.15, 0.2) is 0 Å². The van der Waals surface area contributed by atoms with Gasteiger partial charge in [-0.2, -0.15) is 0 Å². The Labute approximate surface area is 99.6 Å². The van der Waals surface area contributed by atoms with Gasteiger partial charge in [-0.15, -0.1) is 0 Å². The van der Waals surface area contributed by atoms with E-state index in [9.17, 15) is 4.79 Å². The zero-order valence-corrected chi connectivity index (χ0v) is 11.3. The zero-order chi connectivity index (χ0) is 12.8. The summed E-state index contributed by atoms with van der Waals surface area (Å²) in [5.74, 6) is -0.967. The molecule has 16 heavy (non-hydrogen) atoms. The highest BCUT2D eigenvalue weighted by Gasteiger charge is 2.24. The van der Waals surface area contributed by atoms with Crippen molar-refractivity contribution in [3.05, 3.63) is 0 Å². The summed E-state index contributed by atoms with van der Waals surface area (Å²) < 4.78 is 0.